The van der Waals surface area contributed by atoms with E-state index in [9.17, 15) is 4.79 Å². The minimum atomic E-state index is -0.469. The summed E-state index contributed by atoms with van der Waals surface area (Å²) >= 11 is 0. The molecule has 2 atom stereocenters. The zero-order valence-electron chi connectivity index (χ0n) is 15.9. The molecular formula is C20H32N2O2. The van der Waals surface area contributed by atoms with Gasteiger partial charge in [-0.3, -0.25) is 4.90 Å². The molecule has 24 heavy (non-hydrogen) atoms. The van der Waals surface area contributed by atoms with Crippen molar-refractivity contribution in [1.29, 1.82) is 0 Å². The molecule has 4 heteroatoms. The van der Waals surface area contributed by atoms with Gasteiger partial charge in [0.05, 0.1) is 0 Å². The van der Waals surface area contributed by atoms with Crippen LogP contribution < -0.4 is 5.32 Å². The minimum absolute atomic E-state index is 0.284. The number of amides is 1. The van der Waals surface area contributed by atoms with Crippen molar-refractivity contribution in [1.82, 2.24) is 10.2 Å². The number of alkyl carbamates (subject to hydrolysis) is 1. The van der Waals surface area contributed by atoms with Gasteiger partial charge in [0.25, 0.3) is 0 Å². The number of hydrogen-bond donors (Lipinski definition) is 1. The summed E-state index contributed by atoms with van der Waals surface area (Å²) in [5, 5.41) is 3.07. The molecule has 0 bridgehead atoms. The van der Waals surface area contributed by atoms with Gasteiger partial charge in [0.2, 0.25) is 0 Å². The summed E-state index contributed by atoms with van der Waals surface area (Å²) in [6.45, 7) is 14.1. The number of likely N-dealkylation sites (tertiary alicyclic amines) is 1. The lowest BCUT2D eigenvalue weighted by Crippen LogP contribution is -2.51. The maximum absolute atomic E-state index is 12.1. The van der Waals surface area contributed by atoms with Crippen LogP contribution in [0.5, 0.6) is 0 Å². The zero-order chi connectivity index (χ0) is 18.0. The second-order valence-electron chi connectivity index (χ2n) is 8.42. The molecule has 1 saturated heterocycles. The van der Waals surface area contributed by atoms with Crippen molar-refractivity contribution in [3.05, 3.63) is 35.9 Å². The van der Waals surface area contributed by atoms with Crippen LogP contribution in [0.3, 0.4) is 0 Å². The number of benzene rings is 1. The normalized spacial score (nSPS) is 20.7. The summed E-state index contributed by atoms with van der Waals surface area (Å²) in [5.41, 5.74) is 0.591. The molecule has 0 aromatic heterocycles. The molecule has 0 saturated carbocycles. The lowest BCUT2D eigenvalue weighted by molar-refractivity contribution is 0.0436. The lowest BCUT2D eigenvalue weighted by Gasteiger charge is -2.34. The van der Waals surface area contributed by atoms with Gasteiger partial charge in [-0.05, 0) is 66.0 Å². The number of hydrogen-bond acceptors (Lipinski definition) is 3. The van der Waals surface area contributed by atoms with Gasteiger partial charge in [-0.1, -0.05) is 30.3 Å². The summed E-state index contributed by atoms with van der Waals surface area (Å²) in [6, 6.07) is 11.0. The van der Waals surface area contributed by atoms with Gasteiger partial charge >= 0.3 is 6.09 Å². The molecule has 1 aliphatic rings. The zero-order valence-corrected chi connectivity index (χ0v) is 15.9. The van der Waals surface area contributed by atoms with Crippen molar-refractivity contribution < 1.29 is 9.53 Å². The van der Waals surface area contributed by atoms with E-state index in [1.807, 2.05) is 20.8 Å². The average molecular weight is 332 g/mol. The Morgan fingerprint density at radius 2 is 1.83 bits per heavy atom. The topological polar surface area (TPSA) is 41.6 Å². The maximum atomic E-state index is 12.1. The monoisotopic (exact) mass is 332 g/mol. The molecule has 1 fully saturated rings. The molecule has 1 aromatic rings. The third kappa shape index (κ3) is 4.97. The molecule has 4 nitrogen and oxygen atoms in total. The number of ether oxygens (including phenoxy) is 1. The molecule has 0 unspecified atom stereocenters. The second-order valence-corrected chi connectivity index (χ2v) is 8.42. The largest absolute Gasteiger partial charge is 0.444 e. The second kappa shape index (κ2) is 7.14. The molecule has 1 N–H and O–H groups in total. The standard InChI is InChI=1S/C20H32N2O2/c1-15(16-10-8-7-9-11-16)22-13-12-17(14-22)20(5,6)21-18(23)24-19(2,3)4/h7-11,15,17H,12-14H2,1-6H3,(H,21,23)/t15-,17-/m0/s1. The van der Waals surface area contributed by atoms with Gasteiger partial charge < -0.3 is 10.1 Å². The SMILES string of the molecule is C[C@@H](c1ccccc1)N1CC[C@H](C(C)(C)NC(=O)OC(C)(C)C)C1. The van der Waals surface area contributed by atoms with Crippen molar-refractivity contribution in [2.24, 2.45) is 5.92 Å². The fourth-order valence-electron chi connectivity index (χ4n) is 3.34. The number of carbonyl (C=O) groups excluding carboxylic acids is 1. The Balaban J connectivity index is 1.95. The first kappa shape index (κ1) is 18.8. The van der Waals surface area contributed by atoms with Crippen molar-refractivity contribution in [3.63, 3.8) is 0 Å². The van der Waals surface area contributed by atoms with Crippen LogP contribution in [-0.2, 0) is 4.74 Å². The van der Waals surface area contributed by atoms with Gasteiger partial charge in [-0.25, -0.2) is 4.79 Å². The maximum Gasteiger partial charge on any atom is 0.408 e. The fourth-order valence-corrected chi connectivity index (χ4v) is 3.34. The van der Waals surface area contributed by atoms with Crippen LogP contribution in [0.25, 0.3) is 0 Å². The number of nitrogens with zero attached hydrogens (tertiary/aromatic N) is 1. The molecule has 1 aromatic carbocycles. The summed E-state index contributed by atoms with van der Waals surface area (Å²) in [4.78, 5) is 14.6. The summed E-state index contributed by atoms with van der Waals surface area (Å²) in [5.74, 6) is 0.413. The van der Waals surface area contributed by atoms with Crippen LogP contribution in [0.15, 0.2) is 30.3 Å². The molecule has 1 heterocycles. The van der Waals surface area contributed by atoms with E-state index in [1.165, 1.54) is 5.56 Å². The molecular weight excluding hydrogens is 300 g/mol. The Hall–Kier alpha value is -1.55. The molecule has 0 radical (unpaired) electrons. The average Bonchev–Trinajstić information content (AvgIpc) is 2.95. The van der Waals surface area contributed by atoms with E-state index in [4.69, 9.17) is 4.74 Å². The minimum Gasteiger partial charge on any atom is -0.444 e. The third-order valence-corrected chi connectivity index (χ3v) is 4.89. The van der Waals surface area contributed by atoms with Gasteiger partial charge in [0.15, 0.2) is 0 Å². The first-order valence-electron chi connectivity index (χ1n) is 8.88. The molecule has 0 spiro atoms. The van der Waals surface area contributed by atoms with Crippen LogP contribution >= 0.6 is 0 Å². The van der Waals surface area contributed by atoms with Crippen LogP contribution in [0.4, 0.5) is 4.79 Å². The summed E-state index contributed by atoms with van der Waals surface area (Å²) < 4.78 is 5.41. The highest BCUT2D eigenvalue weighted by atomic mass is 16.6. The number of carbonyl (C=O) groups is 1. The Kier molecular flexibility index (Phi) is 5.59. The highest BCUT2D eigenvalue weighted by Crippen LogP contribution is 2.32. The molecule has 1 amide bonds. The quantitative estimate of drug-likeness (QED) is 0.890. The third-order valence-electron chi connectivity index (χ3n) is 4.89. The van der Waals surface area contributed by atoms with Crippen LogP contribution in [0, 0.1) is 5.92 Å². The molecule has 0 aliphatic carbocycles. The van der Waals surface area contributed by atoms with E-state index in [1.54, 1.807) is 0 Å². The van der Waals surface area contributed by atoms with Crippen LogP contribution in [-0.4, -0.2) is 35.2 Å². The van der Waals surface area contributed by atoms with Crippen LogP contribution in [0.2, 0.25) is 0 Å². The van der Waals surface area contributed by atoms with Gasteiger partial charge in [-0.2, -0.15) is 0 Å². The Bertz CT molecular complexity index is 549. The molecule has 1 aliphatic heterocycles. The number of nitrogens with one attached hydrogen (secondary N) is 1. The summed E-state index contributed by atoms with van der Waals surface area (Å²) in [6.07, 6.45) is 0.752. The Labute approximate surface area is 146 Å². The number of rotatable bonds is 4. The van der Waals surface area contributed by atoms with Crippen molar-refractivity contribution in [2.75, 3.05) is 13.1 Å². The lowest BCUT2D eigenvalue weighted by atomic mass is 9.87. The van der Waals surface area contributed by atoms with Gasteiger partial charge in [0.1, 0.15) is 5.60 Å². The van der Waals surface area contributed by atoms with E-state index in [0.29, 0.717) is 12.0 Å². The van der Waals surface area contributed by atoms with Crippen molar-refractivity contribution >= 4 is 6.09 Å². The van der Waals surface area contributed by atoms with E-state index in [-0.39, 0.29) is 11.6 Å². The predicted molar refractivity (Wildman–Crippen MR) is 98.0 cm³/mol. The first-order chi connectivity index (χ1) is 11.1. The molecule has 2 rings (SSSR count). The van der Waals surface area contributed by atoms with Gasteiger partial charge in [-0.15, -0.1) is 0 Å². The van der Waals surface area contributed by atoms with E-state index >= 15 is 0 Å². The van der Waals surface area contributed by atoms with Gasteiger partial charge in [0, 0.05) is 18.1 Å². The van der Waals surface area contributed by atoms with Crippen molar-refractivity contribution in [3.8, 4) is 0 Å². The first-order valence-corrected chi connectivity index (χ1v) is 8.88. The fraction of sp³-hybridized carbons (Fsp3) is 0.650. The Morgan fingerprint density at radius 1 is 1.21 bits per heavy atom. The smallest absolute Gasteiger partial charge is 0.408 e. The predicted octanol–water partition coefficient (Wildman–Crippen LogP) is 4.37. The van der Waals surface area contributed by atoms with E-state index in [2.05, 4.69) is 61.3 Å². The Morgan fingerprint density at radius 3 is 2.42 bits per heavy atom. The summed E-state index contributed by atoms with van der Waals surface area (Å²) in [7, 11) is 0. The highest BCUT2D eigenvalue weighted by Gasteiger charge is 2.38. The van der Waals surface area contributed by atoms with Crippen molar-refractivity contribution in [2.45, 2.75) is 65.1 Å². The highest BCUT2D eigenvalue weighted by molar-refractivity contribution is 5.68. The van der Waals surface area contributed by atoms with Crippen LogP contribution in [0.1, 0.15) is 59.6 Å². The van der Waals surface area contributed by atoms with E-state index in [0.717, 1.165) is 19.5 Å². The van der Waals surface area contributed by atoms with E-state index < -0.39 is 5.60 Å². The molecule has 134 valence electrons.